The predicted molar refractivity (Wildman–Crippen MR) is 80.7 cm³/mol. The number of nitro groups is 1. The van der Waals surface area contributed by atoms with Gasteiger partial charge in [-0.3, -0.25) is 10.1 Å². The summed E-state index contributed by atoms with van der Waals surface area (Å²) in [6, 6.07) is 6.33. The largest absolute Gasteiger partial charge is 0.461 e. The fraction of sp³-hybridized carbons (Fsp3) is 0.231. The third-order valence-corrected chi connectivity index (χ3v) is 4.50. The molecule has 1 aromatic heterocycles. The van der Waals surface area contributed by atoms with E-state index in [-0.39, 0.29) is 5.69 Å². The molecule has 0 N–H and O–H groups in total. The zero-order chi connectivity index (χ0) is 15.2. The summed E-state index contributed by atoms with van der Waals surface area (Å²) >= 11 is 2.90. The van der Waals surface area contributed by atoms with E-state index in [1.165, 1.54) is 35.2 Å². The molecule has 6 nitrogen and oxygen atoms in total. The molecule has 1 heterocycles. The molecule has 0 aliphatic carbocycles. The molecule has 0 aliphatic heterocycles. The van der Waals surface area contributed by atoms with E-state index in [9.17, 15) is 14.9 Å². The number of rotatable bonds is 6. The maximum absolute atomic E-state index is 11.5. The number of nitro benzene ring substituents is 1. The number of thioether (sulfide) groups is 1. The van der Waals surface area contributed by atoms with E-state index < -0.39 is 10.9 Å². The van der Waals surface area contributed by atoms with Gasteiger partial charge in [0.15, 0.2) is 5.69 Å². The first-order valence-electron chi connectivity index (χ1n) is 6.09. The minimum Gasteiger partial charge on any atom is -0.461 e. The topological polar surface area (TPSA) is 82.3 Å². The third-order valence-electron chi connectivity index (χ3n) is 2.45. The number of hydrogen-bond acceptors (Lipinski definition) is 7. The second kappa shape index (κ2) is 7.19. The van der Waals surface area contributed by atoms with Crippen LogP contribution in [0.25, 0.3) is 0 Å². The van der Waals surface area contributed by atoms with Gasteiger partial charge in [-0.25, -0.2) is 9.78 Å². The lowest BCUT2D eigenvalue weighted by molar-refractivity contribution is -0.384. The Kier molecular flexibility index (Phi) is 5.29. The van der Waals surface area contributed by atoms with Crippen molar-refractivity contribution in [2.45, 2.75) is 17.6 Å². The van der Waals surface area contributed by atoms with Gasteiger partial charge >= 0.3 is 5.97 Å². The molecular weight excluding hydrogens is 312 g/mol. The van der Waals surface area contributed by atoms with E-state index in [2.05, 4.69) is 4.98 Å². The van der Waals surface area contributed by atoms with Crippen molar-refractivity contribution in [3.8, 4) is 0 Å². The van der Waals surface area contributed by atoms with Gasteiger partial charge in [0, 0.05) is 22.4 Å². The fourth-order valence-corrected chi connectivity index (χ4v) is 3.16. The van der Waals surface area contributed by atoms with Gasteiger partial charge in [0.1, 0.15) is 5.01 Å². The molecule has 0 atom stereocenters. The van der Waals surface area contributed by atoms with Gasteiger partial charge in [0.25, 0.3) is 5.69 Å². The molecule has 2 rings (SSSR count). The van der Waals surface area contributed by atoms with Gasteiger partial charge in [-0.2, -0.15) is 0 Å². The minimum absolute atomic E-state index is 0.0678. The average molecular weight is 324 g/mol. The highest BCUT2D eigenvalue weighted by molar-refractivity contribution is 7.98. The maximum Gasteiger partial charge on any atom is 0.357 e. The predicted octanol–water partition coefficient (Wildman–Crippen LogP) is 3.52. The van der Waals surface area contributed by atoms with Crippen molar-refractivity contribution < 1.29 is 14.5 Å². The number of non-ortho nitro benzene ring substituents is 1. The van der Waals surface area contributed by atoms with Crippen LogP contribution in [-0.2, 0) is 10.5 Å². The fourth-order valence-electron chi connectivity index (χ4n) is 1.49. The molecule has 8 heteroatoms. The average Bonchev–Trinajstić information content (AvgIpc) is 2.95. The van der Waals surface area contributed by atoms with E-state index in [0.29, 0.717) is 18.1 Å². The van der Waals surface area contributed by atoms with Crippen LogP contribution in [0.15, 0.2) is 34.5 Å². The third kappa shape index (κ3) is 4.27. The lowest BCUT2D eigenvalue weighted by atomic mass is 10.3. The lowest BCUT2D eigenvalue weighted by Gasteiger charge is -1.99. The first-order chi connectivity index (χ1) is 10.1. The van der Waals surface area contributed by atoms with Crippen LogP contribution in [0.1, 0.15) is 22.4 Å². The van der Waals surface area contributed by atoms with Crippen molar-refractivity contribution in [2.24, 2.45) is 0 Å². The van der Waals surface area contributed by atoms with Gasteiger partial charge in [-0.1, -0.05) is 0 Å². The molecule has 21 heavy (non-hydrogen) atoms. The van der Waals surface area contributed by atoms with Crippen LogP contribution >= 0.6 is 23.1 Å². The van der Waals surface area contributed by atoms with Crippen LogP contribution in [0, 0.1) is 10.1 Å². The Morgan fingerprint density at radius 2 is 2.14 bits per heavy atom. The summed E-state index contributed by atoms with van der Waals surface area (Å²) in [5, 5.41) is 13.0. The van der Waals surface area contributed by atoms with E-state index >= 15 is 0 Å². The number of ether oxygens (including phenoxy) is 1. The molecule has 0 saturated heterocycles. The van der Waals surface area contributed by atoms with Crippen LogP contribution in [-0.4, -0.2) is 22.5 Å². The Morgan fingerprint density at radius 3 is 2.76 bits per heavy atom. The molecule has 0 radical (unpaired) electrons. The van der Waals surface area contributed by atoms with Crippen molar-refractivity contribution in [3.05, 3.63) is 50.5 Å². The Labute approximate surface area is 129 Å². The highest BCUT2D eigenvalue weighted by Gasteiger charge is 2.12. The Hall–Kier alpha value is -1.93. The van der Waals surface area contributed by atoms with Crippen molar-refractivity contribution in [3.63, 3.8) is 0 Å². The second-order valence-corrected chi connectivity index (χ2v) is 5.88. The van der Waals surface area contributed by atoms with Crippen LogP contribution in [0.4, 0.5) is 5.69 Å². The normalized spacial score (nSPS) is 10.3. The number of esters is 1. The molecule has 0 aliphatic rings. The number of carbonyl (C=O) groups excluding carboxylic acids is 1. The molecular formula is C13H12N2O4S2. The van der Waals surface area contributed by atoms with E-state index in [4.69, 9.17) is 4.74 Å². The molecule has 0 spiro atoms. The summed E-state index contributed by atoms with van der Waals surface area (Å²) in [7, 11) is 0. The smallest absolute Gasteiger partial charge is 0.357 e. The van der Waals surface area contributed by atoms with Crippen LogP contribution < -0.4 is 0 Å². The van der Waals surface area contributed by atoms with Crippen molar-refractivity contribution in [1.29, 1.82) is 0 Å². The first kappa shape index (κ1) is 15.5. The zero-order valence-corrected chi connectivity index (χ0v) is 12.8. The molecule has 0 fully saturated rings. The SMILES string of the molecule is CCOC(=O)c1csc(CSc2ccc([N+](=O)[O-])cc2)n1. The summed E-state index contributed by atoms with van der Waals surface area (Å²) < 4.78 is 4.87. The summed E-state index contributed by atoms with van der Waals surface area (Å²) in [5.74, 6) is 0.183. The number of hydrogen-bond donors (Lipinski definition) is 0. The van der Waals surface area contributed by atoms with Crippen LogP contribution in [0.5, 0.6) is 0 Å². The van der Waals surface area contributed by atoms with E-state index in [1.807, 2.05) is 0 Å². The molecule has 0 amide bonds. The summed E-state index contributed by atoms with van der Waals surface area (Å²) in [4.78, 5) is 26.7. The van der Waals surface area contributed by atoms with Gasteiger partial charge in [-0.05, 0) is 19.1 Å². The Bertz CT molecular complexity index is 640. The zero-order valence-electron chi connectivity index (χ0n) is 11.1. The Morgan fingerprint density at radius 1 is 1.43 bits per heavy atom. The second-order valence-electron chi connectivity index (χ2n) is 3.89. The van der Waals surface area contributed by atoms with Gasteiger partial charge < -0.3 is 4.74 Å². The summed E-state index contributed by atoms with van der Waals surface area (Å²) in [6.45, 7) is 2.07. The quantitative estimate of drug-likeness (QED) is 0.350. The maximum atomic E-state index is 11.5. The van der Waals surface area contributed by atoms with Gasteiger partial charge in [0.05, 0.1) is 17.3 Å². The monoisotopic (exact) mass is 324 g/mol. The van der Waals surface area contributed by atoms with Crippen LogP contribution in [0.3, 0.4) is 0 Å². The van der Waals surface area contributed by atoms with Crippen molar-refractivity contribution in [2.75, 3.05) is 6.61 Å². The highest BCUT2D eigenvalue weighted by Crippen LogP contribution is 2.26. The van der Waals surface area contributed by atoms with Crippen molar-refractivity contribution in [1.82, 2.24) is 4.98 Å². The van der Waals surface area contributed by atoms with Gasteiger partial charge in [0.2, 0.25) is 0 Å². The summed E-state index contributed by atoms with van der Waals surface area (Å²) in [5.41, 5.74) is 0.388. The van der Waals surface area contributed by atoms with E-state index in [1.54, 1.807) is 24.4 Å². The van der Waals surface area contributed by atoms with E-state index in [0.717, 1.165) is 9.90 Å². The Balaban J connectivity index is 1.94. The number of nitrogens with zero attached hydrogens (tertiary/aromatic N) is 2. The lowest BCUT2D eigenvalue weighted by Crippen LogP contribution is -2.04. The number of benzene rings is 1. The molecule has 0 saturated carbocycles. The molecule has 110 valence electrons. The molecule has 0 unspecified atom stereocenters. The van der Waals surface area contributed by atoms with Gasteiger partial charge in [-0.15, -0.1) is 23.1 Å². The standard InChI is InChI=1S/C13H12N2O4S2/c1-2-19-13(16)11-7-21-12(14-11)8-20-10-5-3-9(4-6-10)15(17)18/h3-7H,2,8H2,1H3. The number of carbonyl (C=O) groups is 1. The molecule has 1 aromatic carbocycles. The number of thiazole rings is 1. The first-order valence-corrected chi connectivity index (χ1v) is 7.95. The number of aromatic nitrogens is 1. The highest BCUT2D eigenvalue weighted by atomic mass is 32.2. The molecule has 2 aromatic rings. The van der Waals surface area contributed by atoms with Crippen LogP contribution in [0.2, 0.25) is 0 Å². The molecule has 0 bridgehead atoms. The minimum atomic E-state index is -0.430. The summed E-state index contributed by atoms with van der Waals surface area (Å²) in [6.07, 6.45) is 0. The van der Waals surface area contributed by atoms with Crippen molar-refractivity contribution >= 4 is 34.8 Å².